The number of fused-ring (bicyclic) bond motifs is 3. The number of nitrogens with one attached hydrogen (secondary N) is 2. The van der Waals surface area contributed by atoms with E-state index in [9.17, 15) is 9.59 Å². The van der Waals surface area contributed by atoms with Crippen LogP contribution in [0, 0.1) is 17.8 Å². The van der Waals surface area contributed by atoms with Gasteiger partial charge >= 0.3 is 6.03 Å². The van der Waals surface area contributed by atoms with Gasteiger partial charge < -0.3 is 19.5 Å². The average molecular weight is 475 g/mol. The van der Waals surface area contributed by atoms with Crippen molar-refractivity contribution < 1.29 is 23.8 Å². The second-order valence-corrected chi connectivity index (χ2v) is 9.36. The lowest BCUT2D eigenvalue weighted by Gasteiger charge is -2.15. The van der Waals surface area contributed by atoms with E-state index in [1.807, 2.05) is 30.3 Å². The number of amides is 3. The van der Waals surface area contributed by atoms with Gasteiger partial charge in [-0.2, -0.15) is 0 Å². The molecule has 3 amide bonds. The molecule has 5 rings (SSSR count). The van der Waals surface area contributed by atoms with E-state index in [4.69, 9.17) is 14.2 Å². The molecule has 2 saturated carbocycles. The zero-order valence-corrected chi connectivity index (χ0v) is 20.0. The summed E-state index contributed by atoms with van der Waals surface area (Å²) in [6.45, 7) is 0. The van der Waals surface area contributed by atoms with Crippen molar-refractivity contribution in [2.75, 3.05) is 19.5 Å². The highest BCUT2D eigenvalue weighted by atomic mass is 16.5. The number of methoxy groups -OCH3 is 2. The number of anilines is 1. The highest BCUT2D eigenvalue weighted by Crippen LogP contribution is 2.50. The summed E-state index contributed by atoms with van der Waals surface area (Å²) in [7, 11) is 3.20. The van der Waals surface area contributed by atoms with Crippen LogP contribution in [0.4, 0.5) is 10.5 Å². The van der Waals surface area contributed by atoms with Crippen LogP contribution in [0.25, 0.3) is 10.8 Å². The van der Waals surface area contributed by atoms with E-state index in [2.05, 4.69) is 10.6 Å². The minimum atomic E-state index is -0.510. The van der Waals surface area contributed by atoms with Crippen LogP contribution in [-0.4, -0.2) is 26.2 Å². The maximum absolute atomic E-state index is 12.4. The van der Waals surface area contributed by atoms with Crippen LogP contribution < -0.4 is 24.8 Å². The lowest BCUT2D eigenvalue weighted by Crippen LogP contribution is -2.35. The van der Waals surface area contributed by atoms with Gasteiger partial charge in [0.05, 0.1) is 14.2 Å². The summed E-state index contributed by atoms with van der Waals surface area (Å²) in [5, 5.41) is 7.06. The Hall–Kier alpha value is -3.74. The lowest BCUT2D eigenvalue weighted by atomic mass is 9.94. The van der Waals surface area contributed by atoms with Crippen molar-refractivity contribution in [3.05, 3.63) is 54.6 Å². The van der Waals surface area contributed by atoms with Gasteiger partial charge in [-0.25, -0.2) is 4.79 Å². The van der Waals surface area contributed by atoms with Gasteiger partial charge in [0.15, 0.2) is 11.5 Å². The van der Waals surface area contributed by atoms with Gasteiger partial charge in [0.1, 0.15) is 11.5 Å². The molecule has 0 spiro atoms. The predicted molar refractivity (Wildman–Crippen MR) is 134 cm³/mol. The number of rotatable bonds is 7. The van der Waals surface area contributed by atoms with Gasteiger partial charge in [-0.1, -0.05) is 12.1 Å². The largest absolute Gasteiger partial charge is 0.493 e. The SMILES string of the molecule is COc1cc2cccc(Oc3ccc(NC(=O)NC(=O)CC4C5CCC4CC5)cc3)c2cc1OC. The van der Waals surface area contributed by atoms with E-state index in [0.29, 0.717) is 52.9 Å². The van der Waals surface area contributed by atoms with Gasteiger partial charge in [-0.15, -0.1) is 0 Å². The standard InChI is InChI=1S/C28H30N2O5/c1-33-25-14-19-4-3-5-24(23(19)15-26(25)34-2)35-21-12-10-20(11-13-21)29-28(32)30-27(31)16-22-17-6-7-18(22)9-8-17/h3-5,10-15,17-18,22H,6-9,16H2,1-2H3,(H2,29,30,31,32). The molecule has 0 heterocycles. The number of imide groups is 1. The monoisotopic (exact) mass is 474 g/mol. The quantitative estimate of drug-likeness (QED) is 0.431. The van der Waals surface area contributed by atoms with Crippen molar-refractivity contribution in [3.8, 4) is 23.0 Å². The van der Waals surface area contributed by atoms with E-state index in [1.165, 1.54) is 25.7 Å². The lowest BCUT2D eigenvalue weighted by molar-refractivity contribution is -0.121. The summed E-state index contributed by atoms with van der Waals surface area (Å²) in [6.07, 6.45) is 5.35. The van der Waals surface area contributed by atoms with Crippen molar-refractivity contribution >= 4 is 28.4 Å². The average Bonchev–Trinajstić information content (AvgIpc) is 3.43. The number of carbonyl (C=O) groups is 2. The van der Waals surface area contributed by atoms with E-state index >= 15 is 0 Å². The predicted octanol–water partition coefficient (Wildman–Crippen LogP) is 6.12. The molecule has 2 aliphatic carbocycles. The zero-order valence-electron chi connectivity index (χ0n) is 20.0. The molecule has 0 atom stereocenters. The summed E-state index contributed by atoms with van der Waals surface area (Å²) < 4.78 is 16.9. The number of urea groups is 1. The maximum Gasteiger partial charge on any atom is 0.325 e. The van der Waals surface area contributed by atoms with E-state index in [-0.39, 0.29) is 5.91 Å². The first kappa shape index (κ1) is 23.0. The summed E-state index contributed by atoms with van der Waals surface area (Å²) in [5.74, 6) is 4.12. The first-order chi connectivity index (χ1) is 17.0. The Morgan fingerprint density at radius 1 is 0.857 bits per heavy atom. The number of carbonyl (C=O) groups excluding carboxylic acids is 2. The van der Waals surface area contributed by atoms with E-state index in [1.54, 1.807) is 38.5 Å². The van der Waals surface area contributed by atoms with E-state index < -0.39 is 6.03 Å². The van der Waals surface area contributed by atoms with Crippen LogP contribution in [0.15, 0.2) is 54.6 Å². The molecule has 0 aromatic heterocycles. The molecule has 0 aliphatic heterocycles. The Balaban J connectivity index is 1.20. The summed E-state index contributed by atoms with van der Waals surface area (Å²) in [6, 6.07) is 16.1. The third-order valence-electron chi connectivity index (χ3n) is 7.39. The molecule has 3 aromatic carbocycles. The molecule has 0 radical (unpaired) electrons. The van der Waals surface area contributed by atoms with Crippen LogP contribution in [0.3, 0.4) is 0 Å². The molecule has 0 unspecified atom stereocenters. The molecule has 2 N–H and O–H groups in total. The summed E-state index contributed by atoms with van der Waals surface area (Å²) in [4.78, 5) is 24.7. The fourth-order valence-corrected chi connectivity index (χ4v) is 5.67. The number of ether oxygens (including phenoxy) is 3. The van der Waals surface area contributed by atoms with Crippen molar-refractivity contribution in [2.45, 2.75) is 32.1 Å². The van der Waals surface area contributed by atoms with Gasteiger partial charge in [0.25, 0.3) is 0 Å². The van der Waals surface area contributed by atoms with Gasteiger partial charge in [0, 0.05) is 17.5 Å². The molecule has 7 heteroatoms. The fraction of sp³-hybridized carbons (Fsp3) is 0.357. The van der Waals surface area contributed by atoms with Crippen molar-refractivity contribution in [1.29, 1.82) is 0 Å². The third-order valence-corrected chi connectivity index (χ3v) is 7.39. The van der Waals surface area contributed by atoms with Gasteiger partial charge in [0.2, 0.25) is 5.91 Å². The Morgan fingerprint density at radius 3 is 2.17 bits per heavy atom. The van der Waals surface area contributed by atoms with Crippen molar-refractivity contribution in [2.24, 2.45) is 17.8 Å². The Kier molecular flexibility index (Phi) is 6.49. The number of hydrogen-bond donors (Lipinski definition) is 2. The van der Waals surface area contributed by atoms with Crippen LogP contribution in [0.5, 0.6) is 23.0 Å². The van der Waals surface area contributed by atoms with Crippen molar-refractivity contribution in [1.82, 2.24) is 5.32 Å². The third kappa shape index (κ3) is 4.90. The maximum atomic E-state index is 12.4. The molecule has 7 nitrogen and oxygen atoms in total. The molecular formula is C28H30N2O5. The smallest absolute Gasteiger partial charge is 0.325 e. The highest BCUT2D eigenvalue weighted by Gasteiger charge is 2.42. The molecular weight excluding hydrogens is 444 g/mol. The molecule has 2 bridgehead atoms. The first-order valence-electron chi connectivity index (χ1n) is 12.1. The highest BCUT2D eigenvalue weighted by molar-refractivity contribution is 6.01. The topological polar surface area (TPSA) is 85.9 Å². The number of hydrogen-bond acceptors (Lipinski definition) is 5. The molecule has 2 fully saturated rings. The Bertz CT molecular complexity index is 1220. The summed E-state index contributed by atoms with van der Waals surface area (Å²) >= 11 is 0. The molecule has 0 saturated heterocycles. The van der Waals surface area contributed by atoms with Crippen LogP contribution >= 0.6 is 0 Å². The van der Waals surface area contributed by atoms with Crippen LogP contribution in [-0.2, 0) is 4.79 Å². The molecule has 3 aromatic rings. The second kappa shape index (κ2) is 9.86. The van der Waals surface area contributed by atoms with Gasteiger partial charge in [-0.05, 0) is 91.3 Å². The Morgan fingerprint density at radius 2 is 1.51 bits per heavy atom. The molecule has 2 aliphatic rings. The Labute approximate surface area is 204 Å². The minimum Gasteiger partial charge on any atom is -0.493 e. The first-order valence-corrected chi connectivity index (χ1v) is 12.1. The molecule has 35 heavy (non-hydrogen) atoms. The zero-order chi connectivity index (χ0) is 24.4. The molecule has 182 valence electrons. The van der Waals surface area contributed by atoms with Crippen LogP contribution in [0.1, 0.15) is 32.1 Å². The van der Waals surface area contributed by atoms with Gasteiger partial charge in [-0.3, -0.25) is 10.1 Å². The van der Waals surface area contributed by atoms with Crippen LogP contribution in [0.2, 0.25) is 0 Å². The fourth-order valence-electron chi connectivity index (χ4n) is 5.67. The number of benzene rings is 3. The second-order valence-electron chi connectivity index (χ2n) is 9.36. The minimum absolute atomic E-state index is 0.200. The van der Waals surface area contributed by atoms with Crippen molar-refractivity contribution in [3.63, 3.8) is 0 Å². The van der Waals surface area contributed by atoms with E-state index in [0.717, 1.165) is 10.8 Å². The normalized spacial score (nSPS) is 20.5. The summed E-state index contributed by atoms with van der Waals surface area (Å²) in [5.41, 5.74) is 0.577.